The summed E-state index contributed by atoms with van der Waals surface area (Å²) in [7, 11) is 1.54. The third kappa shape index (κ3) is 3.58. The monoisotopic (exact) mass is 286 g/mol. The van der Waals surface area contributed by atoms with Crippen LogP contribution in [0.3, 0.4) is 0 Å². The molecular weight excluding hydrogens is 276 g/mol. The highest BCUT2D eigenvalue weighted by Gasteiger charge is 2.07. The van der Waals surface area contributed by atoms with Crippen LogP contribution in [0.15, 0.2) is 34.8 Å². The summed E-state index contributed by atoms with van der Waals surface area (Å²) in [5.74, 6) is 0.154. The van der Waals surface area contributed by atoms with E-state index in [9.17, 15) is 4.79 Å². The number of benzene rings is 1. The molecule has 0 atom stereocenters. The average Bonchev–Trinajstić information content (AvgIpc) is 2.25. The Bertz CT molecular complexity index is 401. The number of halogens is 1. The van der Waals surface area contributed by atoms with Crippen molar-refractivity contribution in [2.45, 2.75) is 0 Å². The summed E-state index contributed by atoms with van der Waals surface area (Å²) in [5, 5.41) is 8.39. The highest BCUT2D eigenvalue weighted by molar-refractivity contribution is 9.10. The molecule has 0 aliphatic carbocycles. The van der Waals surface area contributed by atoms with Gasteiger partial charge in [-0.1, -0.05) is 6.07 Å². The molecule has 1 aromatic carbocycles. The number of methoxy groups -OCH3 is 1. The molecule has 86 valence electrons. The minimum atomic E-state index is -0.998. The lowest BCUT2D eigenvalue weighted by molar-refractivity contribution is -0.131. The van der Waals surface area contributed by atoms with Crippen molar-refractivity contribution >= 4 is 21.9 Å². The van der Waals surface area contributed by atoms with Crippen LogP contribution in [0, 0.1) is 0 Å². The normalized spacial score (nSPS) is 10.4. The van der Waals surface area contributed by atoms with Crippen molar-refractivity contribution in [3.63, 3.8) is 0 Å². The second-order valence-corrected chi connectivity index (χ2v) is 3.68. The molecule has 0 fully saturated rings. The molecule has 1 N–H and O–H groups in total. The van der Waals surface area contributed by atoms with Gasteiger partial charge in [0.1, 0.15) is 6.61 Å². The van der Waals surface area contributed by atoms with Crippen LogP contribution in [0.25, 0.3) is 0 Å². The van der Waals surface area contributed by atoms with E-state index in [4.69, 9.17) is 14.6 Å². The summed E-state index contributed by atoms with van der Waals surface area (Å²) >= 11 is 3.32. The molecule has 0 spiro atoms. The zero-order valence-corrected chi connectivity index (χ0v) is 10.2. The third-order valence-corrected chi connectivity index (χ3v) is 2.36. The molecule has 0 saturated heterocycles. The zero-order chi connectivity index (χ0) is 12.0. The van der Waals surface area contributed by atoms with E-state index in [0.717, 1.165) is 10.5 Å². The second-order valence-electron chi connectivity index (χ2n) is 2.82. The Balaban J connectivity index is 2.69. The van der Waals surface area contributed by atoms with Crippen LogP contribution < -0.4 is 9.47 Å². The van der Waals surface area contributed by atoms with Gasteiger partial charge in [-0.05, 0) is 34.1 Å². The quantitative estimate of drug-likeness (QED) is 0.845. The van der Waals surface area contributed by atoms with Gasteiger partial charge in [-0.25, -0.2) is 4.79 Å². The first-order chi connectivity index (χ1) is 7.65. The van der Waals surface area contributed by atoms with Gasteiger partial charge in [0.25, 0.3) is 0 Å². The number of hydrogen-bond acceptors (Lipinski definition) is 3. The van der Waals surface area contributed by atoms with E-state index in [-0.39, 0.29) is 6.61 Å². The lowest BCUT2D eigenvalue weighted by Gasteiger charge is -2.10. The van der Waals surface area contributed by atoms with Crippen LogP contribution in [0.1, 0.15) is 0 Å². The first kappa shape index (κ1) is 12.6. The molecule has 5 heteroatoms. The molecule has 4 nitrogen and oxygen atoms in total. The first-order valence-electron chi connectivity index (χ1n) is 4.50. The summed E-state index contributed by atoms with van der Waals surface area (Å²) in [6.45, 7) is 0.172. The molecule has 0 radical (unpaired) electrons. The molecule has 1 rings (SSSR count). The number of carbonyl (C=O) groups is 1. The predicted octanol–water partition coefficient (Wildman–Crippen LogP) is 2.48. The van der Waals surface area contributed by atoms with E-state index in [2.05, 4.69) is 15.9 Å². The third-order valence-electron chi connectivity index (χ3n) is 1.74. The van der Waals surface area contributed by atoms with Crippen LogP contribution in [0.4, 0.5) is 0 Å². The van der Waals surface area contributed by atoms with E-state index in [1.54, 1.807) is 13.2 Å². The lowest BCUT2D eigenvalue weighted by atomic mass is 10.3. The van der Waals surface area contributed by atoms with Gasteiger partial charge in [-0.15, -0.1) is 0 Å². The van der Waals surface area contributed by atoms with Crippen LogP contribution in [0.5, 0.6) is 11.5 Å². The highest BCUT2D eigenvalue weighted by Crippen LogP contribution is 2.34. The second kappa shape index (κ2) is 6.17. The largest absolute Gasteiger partial charge is 0.493 e. The van der Waals surface area contributed by atoms with Gasteiger partial charge >= 0.3 is 5.97 Å². The van der Waals surface area contributed by atoms with Gasteiger partial charge in [0.05, 0.1) is 11.6 Å². The van der Waals surface area contributed by atoms with E-state index in [0.29, 0.717) is 11.5 Å². The number of carboxylic acids is 1. The molecule has 0 bridgehead atoms. The van der Waals surface area contributed by atoms with Crippen LogP contribution in [-0.4, -0.2) is 24.8 Å². The van der Waals surface area contributed by atoms with Crippen LogP contribution in [-0.2, 0) is 4.79 Å². The van der Waals surface area contributed by atoms with E-state index in [1.165, 1.54) is 6.08 Å². The SMILES string of the molecule is COc1cccc(Br)c1OC/C=C/C(=O)O. The lowest BCUT2D eigenvalue weighted by Crippen LogP contribution is -1.98. The Morgan fingerprint density at radius 3 is 2.94 bits per heavy atom. The maximum absolute atomic E-state index is 10.2. The van der Waals surface area contributed by atoms with Crippen molar-refractivity contribution in [3.05, 3.63) is 34.8 Å². The van der Waals surface area contributed by atoms with Crippen molar-refractivity contribution < 1.29 is 19.4 Å². The van der Waals surface area contributed by atoms with E-state index in [1.807, 2.05) is 12.1 Å². The fourth-order valence-corrected chi connectivity index (χ4v) is 1.53. The fourth-order valence-electron chi connectivity index (χ4n) is 1.07. The van der Waals surface area contributed by atoms with Crippen molar-refractivity contribution in [1.29, 1.82) is 0 Å². The van der Waals surface area contributed by atoms with Crippen LogP contribution >= 0.6 is 15.9 Å². The summed E-state index contributed by atoms with van der Waals surface area (Å²) in [4.78, 5) is 10.2. The molecule has 0 heterocycles. The molecule has 0 aliphatic heterocycles. The number of aliphatic carboxylic acids is 1. The van der Waals surface area contributed by atoms with Gasteiger partial charge in [-0.2, -0.15) is 0 Å². The summed E-state index contributed by atoms with van der Waals surface area (Å²) < 4.78 is 11.3. The van der Waals surface area contributed by atoms with Gasteiger partial charge in [0.15, 0.2) is 11.5 Å². The minimum Gasteiger partial charge on any atom is -0.493 e. The molecule has 0 saturated carbocycles. The Hall–Kier alpha value is -1.49. The average molecular weight is 287 g/mol. The maximum Gasteiger partial charge on any atom is 0.328 e. The van der Waals surface area contributed by atoms with Gasteiger partial charge in [0, 0.05) is 6.08 Å². The molecule has 0 unspecified atom stereocenters. The molecule has 0 aromatic heterocycles. The van der Waals surface area contributed by atoms with Crippen LogP contribution in [0.2, 0.25) is 0 Å². The molecule has 0 amide bonds. The van der Waals surface area contributed by atoms with Crippen molar-refractivity contribution in [3.8, 4) is 11.5 Å². The molecular formula is C11H11BrO4. The minimum absolute atomic E-state index is 0.172. The Morgan fingerprint density at radius 1 is 1.56 bits per heavy atom. The first-order valence-corrected chi connectivity index (χ1v) is 5.29. The number of para-hydroxylation sites is 1. The summed E-state index contributed by atoms with van der Waals surface area (Å²) in [6.07, 6.45) is 2.45. The number of rotatable bonds is 5. The van der Waals surface area contributed by atoms with Gasteiger partial charge in [-0.3, -0.25) is 0 Å². The zero-order valence-electron chi connectivity index (χ0n) is 8.64. The Kier molecular flexibility index (Phi) is 4.85. The standard InChI is InChI=1S/C11H11BrO4/c1-15-9-5-2-4-8(12)11(9)16-7-3-6-10(13)14/h2-6H,7H2,1H3,(H,13,14)/b6-3+. The van der Waals surface area contributed by atoms with Crippen molar-refractivity contribution in [2.75, 3.05) is 13.7 Å². The van der Waals surface area contributed by atoms with Gasteiger partial charge in [0.2, 0.25) is 0 Å². The molecule has 16 heavy (non-hydrogen) atoms. The van der Waals surface area contributed by atoms with Crippen molar-refractivity contribution in [1.82, 2.24) is 0 Å². The predicted molar refractivity (Wildman–Crippen MR) is 63.0 cm³/mol. The summed E-state index contributed by atoms with van der Waals surface area (Å²) in [6, 6.07) is 5.41. The van der Waals surface area contributed by atoms with E-state index >= 15 is 0 Å². The topological polar surface area (TPSA) is 55.8 Å². The number of ether oxygens (including phenoxy) is 2. The smallest absolute Gasteiger partial charge is 0.328 e. The highest BCUT2D eigenvalue weighted by atomic mass is 79.9. The maximum atomic E-state index is 10.2. The van der Waals surface area contributed by atoms with E-state index < -0.39 is 5.97 Å². The van der Waals surface area contributed by atoms with Gasteiger partial charge < -0.3 is 14.6 Å². The number of carboxylic acid groups (broad SMARTS) is 1. The fraction of sp³-hybridized carbons (Fsp3) is 0.182. The Morgan fingerprint density at radius 2 is 2.31 bits per heavy atom. The molecule has 0 aliphatic rings. The Labute approximate surface area is 102 Å². The number of hydrogen-bond donors (Lipinski definition) is 1. The summed E-state index contributed by atoms with van der Waals surface area (Å²) in [5.41, 5.74) is 0. The molecule has 1 aromatic rings. The van der Waals surface area contributed by atoms with Crippen molar-refractivity contribution in [2.24, 2.45) is 0 Å².